The average Bonchev–Trinajstić information content (AvgIpc) is 2.94. The molecular weight excluding hydrogens is 380 g/mol. The number of thiophene rings is 1. The summed E-state index contributed by atoms with van der Waals surface area (Å²) >= 11 is 7.37. The van der Waals surface area contributed by atoms with Crippen LogP contribution in [0.25, 0.3) is 0 Å². The Morgan fingerprint density at radius 2 is 1.75 bits per heavy atom. The van der Waals surface area contributed by atoms with Crippen LogP contribution in [-0.2, 0) is 6.18 Å². The number of nitrogens with zero attached hydrogens (tertiary/aromatic N) is 1. The van der Waals surface area contributed by atoms with Crippen molar-refractivity contribution in [1.29, 1.82) is 0 Å². The monoisotopic (exact) mass is 396 g/mol. The maximum Gasteiger partial charge on any atom is 0.416 e. The minimum absolute atomic E-state index is 0. The molecule has 0 saturated carbocycles. The van der Waals surface area contributed by atoms with E-state index < -0.39 is 17.8 Å². The molecule has 8 heteroatoms. The topological polar surface area (TPSA) is 15.3 Å². The van der Waals surface area contributed by atoms with Gasteiger partial charge in [0, 0.05) is 31.1 Å². The number of piperazine rings is 1. The third-order valence-electron chi connectivity index (χ3n) is 3.94. The van der Waals surface area contributed by atoms with E-state index >= 15 is 0 Å². The Bertz CT molecular complexity index is 669. The highest BCUT2D eigenvalue weighted by molar-refractivity contribution is 7.16. The number of nitrogens with one attached hydrogen (secondary N) is 1. The van der Waals surface area contributed by atoms with Gasteiger partial charge in [-0.15, -0.1) is 23.7 Å². The van der Waals surface area contributed by atoms with E-state index in [-0.39, 0.29) is 12.4 Å². The number of alkyl halides is 3. The van der Waals surface area contributed by atoms with Crippen molar-refractivity contribution in [2.24, 2.45) is 0 Å². The Morgan fingerprint density at radius 1 is 1.08 bits per heavy atom. The zero-order valence-electron chi connectivity index (χ0n) is 12.6. The van der Waals surface area contributed by atoms with E-state index in [1.165, 1.54) is 17.4 Å². The van der Waals surface area contributed by atoms with Gasteiger partial charge in [-0.25, -0.2) is 0 Å². The summed E-state index contributed by atoms with van der Waals surface area (Å²) in [5.74, 6) is 0. The molecule has 1 saturated heterocycles. The first-order valence-electron chi connectivity index (χ1n) is 7.33. The number of rotatable bonds is 3. The first-order chi connectivity index (χ1) is 11.0. The fraction of sp³-hybridized carbons (Fsp3) is 0.375. The molecule has 0 amide bonds. The van der Waals surface area contributed by atoms with Gasteiger partial charge < -0.3 is 5.32 Å². The maximum absolute atomic E-state index is 13.4. The van der Waals surface area contributed by atoms with E-state index in [1.54, 1.807) is 18.2 Å². The lowest BCUT2D eigenvalue weighted by molar-refractivity contribution is -0.138. The van der Waals surface area contributed by atoms with Crippen molar-refractivity contribution < 1.29 is 13.2 Å². The molecule has 1 fully saturated rings. The van der Waals surface area contributed by atoms with Gasteiger partial charge in [0.15, 0.2) is 0 Å². The second-order valence-electron chi connectivity index (χ2n) is 5.42. The second kappa shape index (κ2) is 8.06. The summed E-state index contributed by atoms with van der Waals surface area (Å²) in [6.07, 6.45) is -4.37. The second-order valence-corrected chi connectivity index (χ2v) is 7.16. The van der Waals surface area contributed by atoms with Crippen LogP contribution in [0, 0.1) is 0 Å². The molecule has 0 radical (unpaired) electrons. The number of hydrogen-bond acceptors (Lipinski definition) is 3. The lowest BCUT2D eigenvalue weighted by atomic mass is 9.96. The molecule has 3 rings (SSSR count). The van der Waals surface area contributed by atoms with E-state index in [4.69, 9.17) is 11.6 Å². The summed E-state index contributed by atoms with van der Waals surface area (Å²) in [6.45, 7) is 2.94. The highest BCUT2D eigenvalue weighted by Crippen LogP contribution is 2.41. The zero-order valence-corrected chi connectivity index (χ0v) is 15.0. The van der Waals surface area contributed by atoms with E-state index in [9.17, 15) is 13.2 Å². The summed E-state index contributed by atoms with van der Waals surface area (Å²) in [6, 6.07) is 8.97. The molecule has 1 aliphatic rings. The summed E-state index contributed by atoms with van der Waals surface area (Å²) in [5.41, 5.74) is -0.284. The molecule has 2 heterocycles. The van der Waals surface area contributed by atoms with Crippen LogP contribution in [0.2, 0.25) is 4.34 Å². The Hall–Kier alpha value is -0.790. The molecule has 1 N–H and O–H groups in total. The molecule has 2 aromatic rings. The Labute approximate surface area is 154 Å². The first kappa shape index (κ1) is 19.5. The van der Waals surface area contributed by atoms with Crippen molar-refractivity contribution in [3.05, 3.63) is 56.7 Å². The van der Waals surface area contributed by atoms with E-state index in [2.05, 4.69) is 10.2 Å². The third kappa shape index (κ3) is 4.24. The molecule has 1 aromatic carbocycles. The normalized spacial score (nSPS) is 17.3. The van der Waals surface area contributed by atoms with Crippen molar-refractivity contribution in [1.82, 2.24) is 10.2 Å². The maximum atomic E-state index is 13.4. The van der Waals surface area contributed by atoms with Gasteiger partial charge in [-0.05, 0) is 23.8 Å². The van der Waals surface area contributed by atoms with Crippen molar-refractivity contribution >= 4 is 35.3 Å². The molecule has 2 nitrogen and oxygen atoms in total. The van der Waals surface area contributed by atoms with Gasteiger partial charge in [-0.2, -0.15) is 13.2 Å². The van der Waals surface area contributed by atoms with Crippen molar-refractivity contribution in [3.63, 3.8) is 0 Å². The summed E-state index contributed by atoms with van der Waals surface area (Å²) in [4.78, 5) is 2.93. The standard InChI is InChI=1S/C16H16ClF3N2S.ClH/c17-14-6-5-13(23-14)15(22-9-7-21-8-10-22)11-3-1-2-4-12(11)16(18,19)20;/h1-6,15,21H,7-10H2;1H/t15-;/m1./s1. The summed E-state index contributed by atoms with van der Waals surface area (Å²) in [7, 11) is 0. The molecule has 0 aliphatic carbocycles. The SMILES string of the molecule is Cl.FC(F)(F)c1ccccc1[C@H](c1ccc(Cl)s1)N1CCNCC1. The minimum atomic E-state index is -4.37. The molecule has 1 atom stereocenters. The van der Waals surface area contributed by atoms with Crippen molar-refractivity contribution in [3.8, 4) is 0 Å². The fourth-order valence-electron chi connectivity index (χ4n) is 2.94. The molecule has 1 aromatic heterocycles. The van der Waals surface area contributed by atoms with Gasteiger partial charge in [0.2, 0.25) is 0 Å². The number of hydrogen-bond donors (Lipinski definition) is 1. The van der Waals surface area contributed by atoms with Crippen molar-refractivity contribution in [2.45, 2.75) is 12.2 Å². The average molecular weight is 397 g/mol. The lowest BCUT2D eigenvalue weighted by Crippen LogP contribution is -2.45. The predicted molar refractivity (Wildman–Crippen MR) is 94.3 cm³/mol. The molecule has 0 unspecified atom stereocenters. The molecule has 0 spiro atoms. The van der Waals surface area contributed by atoms with Crippen LogP contribution in [0.5, 0.6) is 0 Å². The van der Waals surface area contributed by atoms with Gasteiger partial charge in [-0.3, -0.25) is 4.90 Å². The van der Waals surface area contributed by atoms with Gasteiger partial charge in [0.1, 0.15) is 0 Å². The van der Waals surface area contributed by atoms with E-state index in [0.29, 0.717) is 23.0 Å². The molecule has 24 heavy (non-hydrogen) atoms. The third-order valence-corrected chi connectivity index (χ3v) is 5.22. The highest BCUT2D eigenvalue weighted by atomic mass is 35.5. The van der Waals surface area contributed by atoms with Crippen LogP contribution in [0.4, 0.5) is 13.2 Å². The van der Waals surface area contributed by atoms with Crippen LogP contribution in [0.15, 0.2) is 36.4 Å². The quantitative estimate of drug-likeness (QED) is 0.798. The van der Waals surface area contributed by atoms with Gasteiger partial charge in [-0.1, -0.05) is 29.8 Å². The molecule has 0 bridgehead atoms. The number of halogens is 5. The minimum Gasteiger partial charge on any atom is -0.314 e. The van der Waals surface area contributed by atoms with Gasteiger partial charge >= 0.3 is 6.18 Å². The highest BCUT2D eigenvalue weighted by Gasteiger charge is 2.37. The van der Waals surface area contributed by atoms with Crippen LogP contribution >= 0.6 is 35.3 Å². The molecular formula is C16H17Cl2F3N2S. The lowest BCUT2D eigenvalue weighted by Gasteiger charge is -2.35. The van der Waals surface area contributed by atoms with Crippen LogP contribution < -0.4 is 5.32 Å². The largest absolute Gasteiger partial charge is 0.416 e. The van der Waals surface area contributed by atoms with Gasteiger partial charge in [0.05, 0.1) is 15.9 Å². The van der Waals surface area contributed by atoms with E-state index in [0.717, 1.165) is 24.0 Å². The first-order valence-corrected chi connectivity index (χ1v) is 8.52. The van der Waals surface area contributed by atoms with Crippen LogP contribution in [-0.4, -0.2) is 31.1 Å². The smallest absolute Gasteiger partial charge is 0.314 e. The zero-order chi connectivity index (χ0) is 16.4. The van der Waals surface area contributed by atoms with E-state index in [1.807, 2.05) is 6.07 Å². The Morgan fingerprint density at radius 3 is 2.33 bits per heavy atom. The fourth-order valence-corrected chi connectivity index (χ4v) is 4.15. The predicted octanol–water partition coefficient (Wildman–Crippen LogP) is 4.84. The molecule has 132 valence electrons. The number of benzene rings is 1. The molecule has 1 aliphatic heterocycles. The van der Waals surface area contributed by atoms with Crippen molar-refractivity contribution in [2.75, 3.05) is 26.2 Å². The Kier molecular flexibility index (Phi) is 6.56. The van der Waals surface area contributed by atoms with Crippen LogP contribution in [0.1, 0.15) is 22.0 Å². The Balaban J connectivity index is 0.00000208. The summed E-state index contributed by atoms with van der Waals surface area (Å²) < 4.78 is 40.9. The van der Waals surface area contributed by atoms with Crippen LogP contribution in [0.3, 0.4) is 0 Å². The summed E-state index contributed by atoms with van der Waals surface area (Å²) in [5, 5.41) is 3.24. The van der Waals surface area contributed by atoms with Gasteiger partial charge in [0.25, 0.3) is 0 Å².